The van der Waals surface area contributed by atoms with E-state index >= 15 is 0 Å². The van der Waals surface area contributed by atoms with Crippen LogP contribution in [-0.4, -0.2) is 21.7 Å². The molecule has 2 heterocycles. The van der Waals surface area contributed by atoms with E-state index in [9.17, 15) is 14.0 Å². The number of fused-ring (bicyclic) bond motifs is 1. The molecule has 3 aromatic rings. The summed E-state index contributed by atoms with van der Waals surface area (Å²) in [4.78, 5) is 33.4. The first kappa shape index (κ1) is 16.0. The third kappa shape index (κ3) is 2.46. The normalized spacial score (nSPS) is 20.7. The molecule has 2 aromatic carbocycles. The number of hydrogen-bond donors (Lipinski definition) is 1. The molecule has 0 spiro atoms. The van der Waals surface area contributed by atoms with E-state index in [1.807, 2.05) is 0 Å². The van der Waals surface area contributed by atoms with Crippen LogP contribution in [0.1, 0.15) is 18.5 Å². The number of halogens is 2. The molecule has 1 fully saturated rings. The number of ketones is 1. The number of Topliss-reactive ketones (excluding diaryl/α,β-unsaturated/α-hetero) is 1. The van der Waals surface area contributed by atoms with Crippen molar-refractivity contribution < 1.29 is 14.0 Å². The van der Waals surface area contributed by atoms with Crippen LogP contribution in [0.2, 0.25) is 0 Å². The van der Waals surface area contributed by atoms with Crippen LogP contribution in [0.4, 0.5) is 10.1 Å². The summed E-state index contributed by atoms with van der Waals surface area (Å²) in [6, 6.07) is 9.06. The molecule has 1 aromatic heterocycles. The Bertz CT molecular complexity index is 1020. The quantitative estimate of drug-likeness (QED) is 0.664. The van der Waals surface area contributed by atoms with E-state index < -0.39 is 29.5 Å². The van der Waals surface area contributed by atoms with Crippen LogP contribution in [0.15, 0.2) is 47.2 Å². The van der Waals surface area contributed by atoms with Gasteiger partial charge in [0.2, 0.25) is 5.78 Å². The summed E-state index contributed by atoms with van der Waals surface area (Å²) in [5, 5.41) is 0. The number of amides is 1. The van der Waals surface area contributed by atoms with Gasteiger partial charge in [0.05, 0.1) is 23.4 Å². The van der Waals surface area contributed by atoms with E-state index in [4.69, 9.17) is 0 Å². The number of aromatic nitrogens is 2. The number of H-pyrrole nitrogens is 1. The maximum atomic E-state index is 14.5. The molecule has 1 saturated heterocycles. The van der Waals surface area contributed by atoms with Gasteiger partial charge in [0.15, 0.2) is 0 Å². The second-order valence-corrected chi connectivity index (χ2v) is 6.96. The predicted molar refractivity (Wildman–Crippen MR) is 94.6 cm³/mol. The van der Waals surface area contributed by atoms with Crippen LogP contribution < -0.4 is 4.90 Å². The number of rotatable bonds is 2. The van der Waals surface area contributed by atoms with Gasteiger partial charge in [-0.15, -0.1) is 0 Å². The fourth-order valence-corrected chi connectivity index (χ4v) is 3.69. The summed E-state index contributed by atoms with van der Waals surface area (Å²) < 4.78 is 15.1. The van der Waals surface area contributed by atoms with Gasteiger partial charge < -0.3 is 4.98 Å². The zero-order chi connectivity index (χ0) is 17.7. The second-order valence-electron chi connectivity index (χ2n) is 6.04. The Morgan fingerprint density at radius 1 is 1.20 bits per heavy atom. The summed E-state index contributed by atoms with van der Waals surface area (Å²) in [5.74, 6) is -2.24. The summed E-state index contributed by atoms with van der Waals surface area (Å²) in [5.41, 5.74) is 2.33. The van der Waals surface area contributed by atoms with E-state index in [0.717, 1.165) is 11.0 Å². The van der Waals surface area contributed by atoms with E-state index in [2.05, 4.69) is 25.9 Å². The van der Waals surface area contributed by atoms with Gasteiger partial charge in [0.1, 0.15) is 5.82 Å². The third-order valence-electron chi connectivity index (χ3n) is 4.55. The first-order valence-corrected chi connectivity index (χ1v) is 8.52. The minimum absolute atomic E-state index is 0.311. The van der Waals surface area contributed by atoms with Crippen molar-refractivity contribution in [1.29, 1.82) is 0 Å². The van der Waals surface area contributed by atoms with Crippen molar-refractivity contribution >= 4 is 44.3 Å². The monoisotopic (exact) mass is 401 g/mol. The Balaban J connectivity index is 1.89. The Hall–Kier alpha value is -2.54. The number of benzene rings is 2. The van der Waals surface area contributed by atoms with Gasteiger partial charge in [0, 0.05) is 21.6 Å². The molecule has 4 rings (SSSR count). The Labute approximate surface area is 151 Å². The topological polar surface area (TPSA) is 66.1 Å². The summed E-state index contributed by atoms with van der Waals surface area (Å²) in [6.45, 7) is 1.65. The number of imidazole rings is 1. The molecule has 2 atom stereocenters. The lowest BCUT2D eigenvalue weighted by molar-refractivity contribution is -0.135. The third-order valence-corrected chi connectivity index (χ3v) is 5.05. The zero-order valence-electron chi connectivity index (χ0n) is 13.2. The first-order valence-electron chi connectivity index (χ1n) is 7.73. The Morgan fingerprint density at radius 3 is 2.80 bits per heavy atom. The first-order chi connectivity index (χ1) is 12.0. The van der Waals surface area contributed by atoms with Crippen molar-refractivity contribution in [3.63, 3.8) is 0 Å². The highest BCUT2D eigenvalue weighted by atomic mass is 79.9. The molecule has 0 radical (unpaired) electrons. The minimum atomic E-state index is -0.696. The van der Waals surface area contributed by atoms with Crippen molar-refractivity contribution in [3.8, 4) is 0 Å². The van der Waals surface area contributed by atoms with Crippen molar-refractivity contribution in [1.82, 2.24) is 9.97 Å². The molecular weight excluding hydrogens is 389 g/mol. The average molecular weight is 402 g/mol. The Morgan fingerprint density at radius 2 is 2.00 bits per heavy atom. The molecule has 0 aliphatic carbocycles. The van der Waals surface area contributed by atoms with E-state index in [1.54, 1.807) is 43.6 Å². The molecule has 1 aliphatic heterocycles. The lowest BCUT2D eigenvalue weighted by atomic mass is 9.94. The summed E-state index contributed by atoms with van der Waals surface area (Å²) in [6.07, 6.45) is 1.56. The largest absolute Gasteiger partial charge is 0.345 e. The van der Waals surface area contributed by atoms with E-state index in [0.29, 0.717) is 15.7 Å². The molecule has 7 heteroatoms. The molecular formula is C18H13BrFN3O2. The average Bonchev–Trinajstić information content (AvgIpc) is 3.15. The molecule has 25 heavy (non-hydrogen) atoms. The van der Waals surface area contributed by atoms with Crippen molar-refractivity contribution in [2.45, 2.75) is 13.0 Å². The van der Waals surface area contributed by atoms with Crippen LogP contribution in [0.5, 0.6) is 0 Å². The maximum Gasteiger partial charge on any atom is 0.295 e. The SMILES string of the molecule is CC1C(=O)C(=O)N(c2ccc3nc[nH]c3c2)C1c1cc(Br)ccc1F. The number of nitrogens with one attached hydrogen (secondary N) is 1. The Kier molecular flexibility index (Phi) is 3.68. The fourth-order valence-electron chi connectivity index (χ4n) is 3.31. The van der Waals surface area contributed by atoms with Gasteiger partial charge in [-0.2, -0.15) is 0 Å². The number of carbonyl (C=O) groups excluding carboxylic acids is 2. The maximum absolute atomic E-state index is 14.5. The molecule has 1 amide bonds. The fraction of sp³-hybridized carbons (Fsp3) is 0.167. The lowest BCUT2D eigenvalue weighted by Gasteiger charge is -2.27. The van der Waals surface area contributed by atoms with E-state index in [-0.39, 0.29) is 0 Å². The number of carbonyl (C=O) groups is 2. The highest BCUT2D eigenvalue weighted by molar-refractivity contribution is 9.10. The van der Waals surface area contributed by atoms with Crippen LogP contribution in [0.25, 0.3) is 11.0 Å². The number of nitrogens with zero attached hydrogens (tertiary/aromatic N) is 2. The molecule has 1 aliphatic rings. The number of anilines is 1. The summed E-state index contributed by atoms with van der Waals surface area (Å²) >= 11 is 3.33. The van der Waals surface area contributed by atoms with Gasteiger partial charge >= 0.3 is 0 Å². The van der Waals surface area contributed by atoms with Gasteiger partial charge in [-0.05, 0) is 36.4 Å². The van der Waals surface area contributed by atoms with Crippen LogP contribution >= 0.6 is 15.9 Å². The van der Waals surface area contributed by atoms with Gasteiger partial charge in [-0.25, -0.2) is 9.37 Å². The number of hydrogen-bond acceptors (Lipinski definition) is 3. The van der Waals surface area contributed by atoms with Gasteiger partial charge in [-0.1, -0.05) is 22.9 Å². The van der Waals surface area contributed by atoms with Crippen LogP contribution in [-0.2, 0) is 9.59 Å². The number of aromatic amines is 1. The second kappa shape index (κ2) is 5.77. The highest BCUT2D eigenvalue weighted by Crippen LogP contribution is 2.41. The minimum Gasteiger partial charge on any atom is -0.345 e. The molecule has 126 valence electrons. The smallest absolute Gasteiger partial charge is 0.295 e. The molecule has 1 N–H and O–H groups in total. The van der Waals surface area contributed by atoms with Crippen LogP contribution in [0, 0.1) is 11.7 Å². The van der Waals surface area contributed by atoms with Crippen molar-refractivity contribution in [2.24, 2.45) is 5.92 Å². The van der Waals surface area contributed by atoms with Gasteiger partial charge in [0.25, 0.3) is 5.91 Å². The van der Waals surface area contributed by atoms with Gasteiger partial charge in [-0.3, -0.25) is 14.5 Å². The lowest BCUT2D eigenvalue weighted by Crippen LogP contribution is -2.30. The molecule has 0 saturated carbocycles. The predicted octanol–water partition coefficient (Wildman–Crippen LogP) is 3.76. The molecule has 0 bridgehead atoms. The summed E-state index contributed by atoms with van der Waals surface area (Å²) in [7, 11) is 0. The standard InChI is InChI=1S/C18H13BrFN3O2/c1-9-16(12-6-10(19)2-4-13(12)20)23(18(25)17(9)24)11-3-5-14-15(7-11)22-8-21-14/h2-9,16H,1H3,(H,21,22). The van der Waals surface area contributed by atoms with Crippen molar-refractivity contribution in [2.75, 3.05) is 4.90 Å². The van der Waals surface area contributed by atoms with Crippen LogP contribution in [0.3, 0.4) is 0 Å². The molecule has 2 unspecified atom stereocenters. The van der Waals surface area contributed by atoms with E-state index in [1.165, 1.54) is 11.0 Å². The van der Waals surface area contributed by atoms with Crippen molar-refractivity contribution in [3.05, 3.63) is 58.6 Å². The zero-order valence-corrected chi connectivity index (χ0v) is 14.7. The molecule has 5 nitrogen and oxygen atoms in total. The highest BCUT2D eigenvalue weighted by Gasteiger charge is 2.47.